The molecule has 28 heavy (non-hydrogen) atoms. The number of aliphatic hydroxyl groups is 1. The Hall–Kier alpha value is 0.412. The van der Waals surface area contributed by atoms with Crippen LogP contribution in [0.25, 0.3) is 0 Å². The lowest BCUT2D eigenvalue weighted by Crippen LogP contribution is -2.77. The third-order valence-corrected chi connectivity index (χ3v) is 13.2. The number of hydrogen-bond donors (Lipinski definition) is 2. The first kappa shape index (κ1) is 24.7. The summed E-state index contributed by atoms with van der Waals surface area (Å²) in [5.74, 6) is 0.543. The number of hydrogen-bond acceptors (Lipinski definition) is 4. The zero-order valence-corrected chi connectivity index (χ0v) is 21.0. The second kappa shape index (κ2) is 8.16. The second-order valence-corrected chi connectivity index (χ2v) is 16.8. The van der Waals surface area contributed by atoms with E-state index in [1.165, 1.54) is 0 Å². The third kappa shape index (κ3) is 4.38. The predicted octanol–water partition coefficient (Wildman–Crippen LogP) is 5.15. The molecule has 0 heterocycles. The molecule has 4 nitrogen and oxygen atoms in total. The van der Waals surface area contributed by atoms with E-state index in [1.54, 1.807) is 0 Å². The fraction of sp³-hybridized carbons (Fsp3) is 1.00. The van der Waals surface area contributed by atoms with Crippen molar-refractivity contribution in [1.82, 2.24) is 0 Å². The second-order valence-electron chi connectivity index (χ2n) is 11.4. The van der Waals surface area contributed by atoms with Gasteiger partial charge in [0.1, 0.15) is 0 Å². The van der Waals surface area contributed by atoms with E-state index >= 15 is 0 Å². The number of fused-ring (bicyclic) bond motifs is 2. The van der Waals surface area contributed by atoms with Gasteiger partial charge in [-0.3, -0.25) is 0 Å². The van der Waals surface area contributed by atoms with Crippen LogP contribution in [0.5, 0.6) is 0 Å². The minimum Gasteiger partial charge on any atom is -0.426 e. The molecule has 0 aromatic heterocycles. The summed E-state index contributed by atoms with van der Waals surface area (Å²) in [6.45, 7) is 18.1. The van der Waals surface area contributed by atoms with E-state index < -0.39 is 31.9 Å². The maximum absolute atomic E-state index is 11.0. The van der Waals surface area contributed by atoms with Gasteiger partial charge in [0.2, 0.25) is 0 Å². The Balaban J connectivity index is 1.80. The Morgan fingerprint density at radius 1 is 1.21 bits per heavy atom. The molecule has 0 spiro atoms. The SMILES string of the molecule is CC1(O)CCC2CC1(OB(O)[C@H](Cl)CCCCO[Si](C)(C)C(C)(C)C)C2(C)C. The topological polar surface area (TPSA) is 58.9 Å². The van der Waals surface area contributed by atoms with E-state index in [4.69, 9.17) is 20.7 Å². The largest absolute Gasteiger partial charge is 0.473 e. The molecule has 0 aromatic carbocycles. The lowest BCUT2D eigenvalue weighted by molar-refractivity contribution is -0.304. The van der Waals surface area contributed by atoms with Gasteiger partial charge in [0.15, 0.2) is 8.32 Å². The molecule has 3 rings (SSSR count). The summed E-state index contributed by atoms with van der Waals surface area (Å²) in [5, 5.41) is 21.4. The molecule has 0 aliphatic heterocycles. The minimum atomic E-state index is -1.71. The lowest BCUT2D eigenvalue weighted by atomic mass is 9.40. The van der Waals surface area contributed by atoms with Crippen molar-refractivity contribution < 1.29 is 19.2 Å². The maximum Gasteiger partial charge on any atom is 0.473 e. The van der Waals surface area contributed by atoms with Gasteiger partial charge in [-0.2, -0.15) is 0 Å². The highest BCUT2D eigenvalue weighted by Gasteiger charge is 2.71. The van der Waals surface area contributed by atoms with Crippen LogP contribution in [0.3, 0.4) is 0 Å². The van der Waals surface area contributed by atoms with Gasteiger partial charge in [-0.05, 0) is 68.5 Å². The van der Waals surface area contributed by atoms with Gasteiger partial charge in [-0.15, -0.1) is 11.6 Å². The molecule has 4 atom stereocenters. The molecule has 2 N–H and O–H groups in total. The van der Waals surface area contributed by atoms with Gasteiger partial charge < -0.3 is 19.2 Å². The first-order chi connectivity index (χ1) is 12.6. The molecule has 2 bridgehead atoms. The molecule has 0 amide bonds. The van der Waals surface area contributed by atoms with E-state index in [9.17, 15) is 10.1 Å². The van der Waals surface area contributed by atoms with Crippen molar-refractivity contribution in [2.75, 3.05) is 6.61 Å². The molecule has 3 aliphatic rings. The Morgan fingerprint density at radius 2 is 1.82 bits per heavy atom. The highest BCUT2D eigenvalue weighted by molar-refractivity contribution is 6.74. The summed E-state index contributed by atoms with van der Waals surface area (Å²) in [4.78, 5) is 0. The standard InChI is InChI=1S/C21H42BClO4Si/c1-18(2,3)28(7,8)26-14-10-9-11-17(23)22(25)27-21-15-16(19(21,4)5)12-13-20(21,6)24/h16-17,24-25H,9-15H2,1-8H3/t16?,17-,20?,21?/m1/s1. The van der Waals surface area contributed by atoms with Crippen molar-refractivity contribution in [3.05, 3.63) is 0 Å². The van der Waals surface area contributed by atoms with Crippen molar-refractivity contribution >= 4 is 27.0 Å². The van der Waals surface area contributed by atoms with Gasteiger partial charge in [-0.25, -0.2) is 0 Å². The van der Waals surface area contributed by atoms with E-state index in [-0.39, 0.29) is 10.5 Å². The molecular weight excluding hydrogens is 391 g/mol. The number of alkyl halides is 1. The van der Waals surface area contributed by atoms with Crippen LogP contribution in [-0.2, 0) is 9.08 Å². The van der Waals surface area contributed by atoms with Crippen LogP contribution in [0, 0.1) is 11.3 Å². The van der Waals surface area contributed by atoms with Crippen molar-refractivity contribution in [2.24, 2.45) is 11.3 Å². The van der Waals surface area contributed by atoms with E-state index in [0.717, 1.165) is 32.3 Å². The monoisotopic (exact) mass is 432 g/mol. The van der Waals surface area contributed by atoms with Crippen molar-refractivity contribution in [3.63, 3.8) is 0 Å². The molecule has 0 saturated heterocycles. The van der Waals surface area contributed by atoms with Crippen LogP contribution in [-0.4, -0.2) is 48.7 Å². The number of unbranched alkanes of at least 4 members (excludes halogenated alkanes) is 1. The molecule has 3 fully saturated rings. The zero-order chi connectivity index (χ0) is 21.6. The van der Waals surface area contributed by atoms with Gasteiger partial charge in [0, 0.05) is 6.61 Å². The average Bonchev–Trinajstić information content (AvgIpc) is 2.54. The summed E-state index contributed by atoms with van der Waals surface area (Å²) in [6, 6.07) is 0. The van der Waals surface area contributed by atoms with Crippen LogP contribution in [0.2, 0.25) is 18.1 Å². The summed E-state index contributed by atoms with van der Waals surface area (Å²) < 4.78 is 12.3. The predicted molar refractivity (Wildman–Crippen MR) is 120 cm³/mol. The molecule has 7 heteroatoms. The van der Waals surface area contributed by atoms with Crippen LogP contribution in [0.1, 0.15) is 80.1 Å². The summed E-state index contributed by atoms with van der Waals surface area (Å²) in [6.07, 6.45) is 5.02. The van der Waals surface area contributed by atoms with E-state index in [1.807, 2.05) is 6.92 Å². The minimum absolute atomic E-state index is 0.149. The van der Waals surface area contributed by atoms with Crippen molar-refractivity contribution in [3.8, 4) is 0 Å². The normalized spacial score (nSPS) is 33.3. The Morgan fingerprint density at radius 3 is 2.32 bits per heavy atom. The number of halogens is 1. The highest BCUT2D eigenvalue weighted by atomic mass is 35.5. The van der Waals surface area contributed by atoms with Crippen LogP contribution in [0.4, 0.5) is 0 Å². The third-order valence-electron chi connectivity index (χ3n) is 8.22. The van der Waals surface area contributed by atoms with Gasteiger partial charge in [0.05, 0.1) is 16.5 Å². The first-order valence-corrected chi connectivity index (χ1v) is 14.3. The van der Waals surface area contributed by atoms with Crippen molar-refractivity contribution in [2.45, 2.75) is 115 Å². The van der Waals surface area contributed by atoms with Gasteiger partial charge in [-0.1, -0.05) is 41.0 Å². The molecular formula is C21H42BClO4Si. The Bertz CT molecular complexity index is 539. The number of rotatable bonds is 9. The highest BCUT2D eigenvalue weighted by Crippen LogP contribution is 2.67. The molecule has 164 valence electrons. The smallest absolute Gasteiger partial charge is 0.426 e. The van der Waals surface area contributed by atoms with Crippen LogP contribution >= 0.6 is 11.6 Å². The summed E-state index contributed by atoms with van der Waals surface area (Å²) in [7, 11) is -2.77. The van der Waals surface area contributed by atoms with Crippen LogP contribution < -0.4 is 0 Å². The van der Waals surface area contributed by atoms with E-state index in [0.29, 0.717) is 18.8 Å². The Labute approximate surface area is 179 Å². The fourth-order valence-corrected chi connectivity index (χ4v) is 6.13. The average molecular weight is 433 g/mol. The van der Waals surface area contributed by atoms with E-state index in [2.05, 4.69) is 47.7 Å². The van der Waals surface area contributed by atoms with Crippen molar-refractivity contribution in [1.29, 1.82) is 0 Å². The molecule has 3 saturated carbocycles. The zero-order valence-electron chi connectivity index (χ0n) is 19.3. The maximum atomic E-state index is 11.0. The fourth-order valence-electron chi connectivity index (χ4n) is 4.83. The summed E-state index contributed by atoms with van der Waals surface area (Å²) in [5.41, 5.74) is -1.79. The lowest BCUT2D eigenvalue weighted by Gasteiger charge is -2.71. The first-order valence-electron chi connectivity index (χ1n) is 10.9. The quantitative estimate of drug-likeness (QED) is 0.300. The molecule has 0 radical (unpaired) electrons. The molecule has 3 aliphatic carbocycles. The van der Waals surface area contributed by atoms with Gasteiger partial charge in [0.25, 0.3) is 0 Å². The van der Waals surface area contributed by atoms with Crippen LogP contribution in [0.15, 0.2) is 0 Å². The summed E-state index contributed by atoms with van der Waals surface area (Å²) >= 11 is 6.47. The van der Waals surface area contributed by atoms with Gasteiger partial charge >= 0.3 is 7.12 Å². The Kier molecular flexibility index (Phi) is 7.19. The molecule has 3 unspecified atom stereocenters. The molecule has 0 aromatic rings.